The van der Waals surface area contributed by atoms with Crippen molar-refractivity contribution in [3.63, 3.8) is 0 Å². The zero-order chi connectivity index (χ0) is 18.7. The van der Waals surface area contributed by atoms with E-state index in [0.29, 0.717) is 0 Å². The number of anilines is 1. The van der Waals surface area contributed by atoms with Gasteiger partial charge in [-0.05, 0) is 30.4 Å². The van der Waals surface area contributed by atoms with E-state index in [4.69, 9.17) is 0 Å². The minimum Gasteiger partial charge on any atom is -0.252 e. The van der Waals surface area contributed by atoms with Gasteiger partial charge in [-0.15, -0.1) is 11.3 Å². The Labute approximate surface area is 159 Å². The normalized spacial score (nSPS) is 12.3. The summed E-state index contributed by atoms with van der Waals surface area (Å²) in [6.45, 7) is 10.8. The summed E-state index contributed by atoms with van der Waals surface area (Å²) < 4.78 is 0. The Morgan fingerprint density at radius 3 is 2.27 bits per heavy atom. The van der Waals surface area contributed by atoms with E-state index in [2.05, 4.69) is 97.1 Å². The third-order valence-corrected chi connectivity index (χ3v) is 5.09. The van der Waals surface area contributed by atoms with Crippen LogP contribution in [0, 0.1) is 6.92 Å². The van der Waals surface area contributed by atoms with E-state index in [1.54, 1.807) is 11.3 Å². The summed E-state index contributed by atoms with van der Waals surface area (Å²) >= 11 is 1.56. The highest BCUT2D eigenvalue weighted by molar-refractivity contribution is 7.14. The maximum Gasteiger partial charge on any atom is 0.203 e. The van der Waals surface area contributed by atoms with Crippen LogP contribution in [0.3, 0.4) is 0 Å². The minimum absolute atomic E-state index is 0.162. The van der Waals surface area contributed by atoms with Crippen LogP contribution in [-0.2, 0) is 5.41 Å². The van der Waals surface area contributed by atoms with Gasteiger partial charge < -0.3 is 0 Å². The van der Waals surface area contributed by atoms with Gasteiger partial charge in [-0.1, -0.05) is 74.9 Å². The summed E-state index contributed by atoms with van der Waals surface area (Å²) in [6.07, 6.45) is 0. The molecule has 0 unspecified atom stereocenters. The number of aryl methyl sites for hydroxylation is 1. The van der Waals surface area contributed by atoms with Crippen molar-refractivity contribution in [2.75, 3.05) is 5.43 Å². The van der Waals surface area contributed by atoms with Crippen LogP contribution in [0.4, 0.5) is 5.13 Å². The van der Waals surface area contributed by atoms with Crippen LogP contribution in [0.15, 0.2) is 59.0 Å². The van der Waals surface area contributed by atoms with Crippen molar-refractivity contribution in [1.29, 1.82) is 0 Å². The maximum atomic E-state index is 4.62. The summed E-state index contributed by atoms with van der Waals surface area (Å²) in [5.41, 5.74) is 9.97. The van der Waals surface area contributed by atoms with E-state index in [0.717, 1.165) is 27.7 Å². The first kappa shape index (κ1) is 18.3. The number of nitrogens with zero attached hydrogens (tertiary/aromatic N) is 2. The van der Waals surface area contributed by atoms with Gasteiger partial charge in [0, 0.05) is 10.9 Å². The number of nitrogens with one attached hydrogen (secondary N) is 1. The van der Waals surface area contributed by atoms with E-state index in [1.807, 2.05) is 6.92 Å². The average molecular weight is 364 g/mol. The predicted octanol–water partition coefficient (Wildman–Crippen LogP) is 6.25. The zero-order valence-corrected chi connectivity index (χ0v) is 16.8. The summed E-state index contributed by atoms with van der Waals surface area (Å²) in [5, 5.41) is 7.34. The Bertz CT molecular complexity index is 898. The predicted molar refractivity (Wildman–Crippen MR) is 113 cm³/mol. The molecule has 0 aliphatic heterocycles. The Morgan fingerprint density at radius 1 is 1.00 bits per heavy atom. The second kappa shape index (κ2) is 7.42. The summed E-state index contributed by atoms with van der Waals surface area (Å²) in [4.78, 5) is 4.62. The molecule has 0 spiro atoms. The van der Waals surface area contributed by atoms with E-state index < -0.39 is 0 Å². The first-order valence-electron chi connectivity index (χ1n) is 8.77. The molecule has 0 bridgehead atoms. The van der Waals surface area contributed by atoms with Crippen molar-refractivity contribution in [3.8, 4) is 11.3 Å². The number of aromatic nitrogens is 1. The van der Waals surface area contributed by atoms with E-state index in [1.165, 1.54) is 11.1 Å². The third kappa shape index (κ3) is 4.38. The lowest BCUT2D eigenvalue weighted by Crippen LogP contribution is -2.11. The third-order valence-electron chi connectivity index (χ3n) is 4.34. The molecule has 134 valence electrons. The van der Waals surface area contributed by atoms with Gasteiger partial charge in [-0.2, -0.15) is 5.10 Å². The van der Waals surface area contributed by atoms with Gasteiger partial charge in [0.1, 0.15) is 0 Å². The molecule has 2 aromatic carbocycles. The van der Waals surface area contributed by atoms with Crippen LogP contribution in [0.5, 0.6) is 0 Å². The number of thiazole rings is 1. The number of hydrogen-bond donors (Lipinski definition) is 1. The maximum absolute atomic E-state index is 4.62. The smallest absolute Gasteiger partial charge is 0.203 e. The van der Waals surface area contributed by atoms with Crippen LogP contribution in [0.1, 0.15) is 44.4 Å². The largest absolute Gasteiger partial charge is 0.252 e. The molecule has 0 radical (unpaired) electrons. The van der Waals surface area contributed by atoms with Gasteiger partial charge in [0.15, 0.2) is 0 Å². The molecule has 0 aliphatic carbocycles. The second-order valence-electron chi connectivity index (χ2n) is 7.54. The SMILES string of the molecule is C/C(=N\Nc1nc(-c2ccc(C)cc2)cs1)c1ccc(C(C)(C)C)cc1. The number of hydrogen-bond acceptors (Lipinski definition) is 4. The van der Waals surface area contributed by atoms with Crippen molar-refractivity contribution in [2.45, 2.75) is 40.0 Å². The molecule has 26 heavy (non-hydrogen) atoms. The van der Waals surface area contributed by atoms with Gasteiger partial charge in [-0.3, -0.25) is 5.43 Å². The lowest BCUT2D eigenvalue weighted by molar-refractivity contribution is 0.590. The number of hydrazone groups is 1. The van der Waals surface area contributed by atoms with E-state index in [-0.39, 0.29) is 5.41 Å². The Kier molecular flexibility index (Phi) is 5.23. The molecule has 0 atom stereocenters. The molecule has 1 aromatic heterocycles. The number of rotatable bonds is 4. The highest BCUT2D eigenvalue weighted by Gasteiger charge is 2.13. The number of benzene rings is 2. The first-order chi connectivity index (χ1) is 12.3. The van der Waals surface area contributed by atoms with Crippen LogP contribution in [0.25, 0.3) is 11.3 Å². The summed E-state index contributed by atoms with van der Waals surface area (Å²) in [7, 11) is 0. The second-order valence-corrected chi connectivity index (χ2v) is 8.40. The lowest BCUT2D eigenvalue weighted by Gasteiger charge is -2.19. The molecule has 3 nitrogen and oxygen atoms in total. The fourth-order valence-electron chi connectivity index (χ4n) is 2.59. The molecule has 1 N–H and O–H groups in total. The van der Waals surface area contributed by atoms with Crippen LogP contribution in [-0.4, -0.2) is 10.7 Å². The molecule has 0 aliphatic rings. The van der Waals surface area contributed by atoms with Crippen molar-refractivity contribution < 1.29 is 0 Å². The molecule has 0 saturated carbocycles. The molecule has 3 aromatic rings. The Hall–Kier alpha value is -2.46. The van der Waals surface area contributed by atoms with Crippen LogP contribution >= 0.6 is 11.3 Å². The summed E-state index contributed by atoms with van der Waals surface area (Å²) in [5.74, 6) is 0. The average Bonchev–Trinajstić information content (AvgIpc) is 3.08. The molecule has 0 saturated heterocycles. The highest BCUT2D eigenvalue weighted by Crippen LogP contribution is 2.25. The van der Waals surface area contributed by atoms with Gasteiger partial charge in [-0.25, -0.2) is 4.98 Å². The summed E-state index contributed by atoms with van der Waals surface area (Å²) in [6, 6.07) is 17.0. The van der Waals surface area contributed by atoms with Crippen molar-refractivity contribution in [2.24, 2.45) is 5.10 Å². The molecule has 0 fully saturated rings. The van der Waals surface area contributed by atoms with Crippen molar-refractivity contribution in [1.82, 2.24) is 4.98 Å². The van der Waals surface area contributed by atoms with Crippen LogP contribution in [0.2, 0.25) is 0 Å². The quantitative estimate of drug-likeness (QED) is 0.439. The van der Waals surface area contributed by atoms with Gasteiger partial charge >= 0.3 is 0 Å². The van der Waals surface area contributed by atoms with E-state index >= 15 is 0 Å². The van der Waals surface area contributed by atoms with Crippen LogP contribution < -0.4 is 5.43 Å². The monoisotopic (exact) mass is 363 g/mol. The van der Waals surface area contributed by atoms with Crippen molar-refractivity contribution >= 4 is 22.2 Å². The topological polar surface area (TPSA) is 37.3 Å². The molecular weight excluding hydrogens is 338 g/mol. The molecular formula is C22H25N3S. The molecule has 0 amide bonds. The zero-order valence-electron chi connectivity index (χ0n) is 16.0. The lowest BCUT2D eigenvalue weighted by atomic mass is 9.86. The molecule has 4 heteroatoms. The van der Waals surface area contributed by atoms with Crippen molar-refractivity contribution in [3.05, 3.63) is 70.6 Å². The molecule has 1 heterocycles. The highest BCUT2D eigenvalue weighted by atomic mass is 32.1. The van der Waals surface area contributed by atoms with Gasteiger partial charge in [0.05, 0.1) is 11.4 Å². The molecule has 3 rings (SSSR count). The van der Waals surface area contributed by atoms with Gasteiger partial charge in [0.2, 0.25) is 5.13 Å². The minimum atomic E-state index is 0.162. The standard InChI is InChI=1S/C22H25N3S/c1-15-6-8-18(9-7-15)20-14-26-21(23-20)25-24-16(2)17-10-12-19(13-11-17)22(3,4)5/h6-14H,1-5H3,(H,23,25)/b24-16+. The first-order valence-corrected chi connectivity index (χ1v) is 9.65. The Balaban J connectivity index is 1.70. The van der Waals surface area contributed by atoms with E-state index in [9.17, 15) is 0 Å². The fourth-order valence-corrected chi connectivity index (χ4v) is 3.25. The Morgan fingerprint density at radius 2 is 1.65 bits per heavy atom. The van der Waals surface area contributed by atoms with Gasteiger partial charge in [0.25, 0.3) is 0 Å². The fraction of sp³-hybridized carbons (Fsp3) is 0.273.